The Morgan fingerprint density at radius 3 is 2.72 bits per heavy atom. The molecule has 0 unspecified atom stereocenters. The van der Waals surface area contributed by atoms with E-state index in [0.29, 0.717) is 27.0 Å². The summed E-state index contributed by atoms with van der Waals surface area (Å²) in [6, 6.07) is 11.4. The van der Waals surface area contributed by atoms with Crippen molar-refractivity contribution in [2.75, 3.05) is 0 Å². The van der Waals surface area contributed by atoms with Crippen LogP contribution in [0.15, 0.2) is 57.2 Å². The monoisotopic (exact) mass is 354 g/mol. The number of rotatable bonds is 2. The highest BCUT2D eigenvalue weighted by Crippen LogP contribution is 2.24. The summed E-state index contributed by atoms with van der Waals surface area (Å²) in [5.74, 6) is 0.0631. The Balaban J connectivity index is 1.92. The van der Waals surface area contributed by atoms with E-state index in [1.807, 2.05) is 0 Å². The van der Waals surface area contributed by atoms with Crippen LogP contribution in [-0.2, 0) is 0 Å². The van der Waals surface area contributed by atoms with Gasteiger partial charge >= 0.3 is 11.2 Å². The first-order valence-corrected chi connectivity index (χ1v) is 7.70. The molecule has 3 N–H and O–H groups in total. The van der Waals surface area contributed by atoms with Crippen molar-refractivity contribution in [3.05, 3.63) is 73.9 Å². The maximum absolute atomic E-state index is 12.6. The predicted molar refractivity (Wildman–Crippen MR) is 96.8 cm³/mol. The van der Waals surface area contributed by atoms with Gasteiger partial charge in [-0.2, -0.15) is 5.10 Å². The molecular weight excluding hydrogens is 344 g/mol. The minimum absolute atomic E-state index is 0.0631. The zero-order valence-corrected chi connectivity index (χ0v) is 13.4. The molecule has 0 aliphatic carbocycles. The van der Waals surface area contributed by atoms with Crippen molar-refractivity contribution in [2.45, 2.75) is 0 Å². The molecule has 0 bridgehead atoms. The number of nitrogens with zero attached hydrogens (tertiary/aromatic N) is 2. The highest BCUT2D eigenvalue weighted by molar-refractivity contribution is 6.31. The Hall–Kier alpha value is -3.32. The zero-order chi connectivity index (χ0) is 17.6. The van der Waals surface area contributed by atoms with Gasteiger partial charge in [0, 0.05) is 15.9 Å². The van der Waals surface area contributed by atoms with Crippen LogP contribution in [0, 0.1) is 0 Å². The molecule has 2 heterocycles. The first-order valence-electron chi connectivity index (χ1n) is 7.32. The fraction of sp³-hybridized carbons (Fsp3) is 0. The van der Waals surface area contributed by atoms with Crippen molar-refractivity contribution in [3.63, 3.8) is 0 Å². The molecule has 25 heavy (non-hydrogen) atoms. The molecule has 4 rings (SSSR count). The molecule has 0 aliphatic heterocycles. The Morgan fingerprint density at radius 1 is 1.08 bits per heavy atom. The molecule has 124 valence electrons. The molecule has 0 fully saturated rings. The number of halogens is 1. The summed E-state index contributed by atoms with van der Waals surface area (Å²) in [6.07, 6.45) is 1.32. The average Bonchev–Trinajstić information content (AvgIpc) is 2.93. The van der Waals surface area contributed by atoms with E-state index < -0.39 is 11.2 Å². The van der Waals surface area contributed by atoms with Crippen molar-refractivity contribution in [1.82, 2.24) is 14.6 Å². The lowest BCUT2D eigenvalue weighted by Gasteiger charge is -1.98. The Labute approximate surface area is 144 Å². The van der Waals surface area contributed by atoms with Gasteiger partial charge in [0.25, 0.3) is 0 Å². The molecule has 0 aliphatic rings. The number of aromatic nitrogens is 3. The molecule has 0 atom stereocenters. The van der Waals surface area contributed by atoms with Crippen molar-refractivity contribution < 1.29 is 5.11 Å². The summed E-state index contributed by atoms with van der Waals surface area (Å²) < 4.78 is 0.726. The Bertz CT molecular complexity index is 1270. The fourth-order valence-electron chi connectivity index (χ4n) is 2.65. The predicted octanol–water partition coefficient (Wildman–Crippen LogP) is 2.41. The first-order chi connectivity index (χ1) is 12.0. The van der Waals surface area contributed by atoms with Crippen LogP contribution in [0.5, 0.6) is 5.75 Å². The van der Waals surface area contributed by atoms with Gasteiger partial charge in [0.05, 0.1) is 11.7 Å². The van der Waals surface area contributed by atoms with Crippen molar-refractivity contribution in [1.29, 1.82) is 0 Å². The number of phenolic OH excluding ortho intramolecular Hbond substituents is 1. The van der Waals surface area contributed by atoms with E-state index >= 15 is 0 Å². The molecule has 4 aromatic rings. The van der Waals surface area contributed by atoms with Crippen LogP contribution in [0.4, 0.5) is 0 Å². The van der Waals surface area contributed by atoms with E-state index in [1.165, 1.54) is 18.3 Å². The molecule has 2 aromatic heterocycles. The van der Waals surface area contributed by atoms with E-state index in [0.717, 1.165) is 4.68 Å². The van der Waals surface area contributed by atoms with Crippen LogP contribution in [0.2, 0.25) is 5.02 Å². The average molecular weight is 355 g/mol. The highest BCUT2D eigenvalue weighted by atomic mass is 35.5. The van der Waals surface area contributed by atoms with Crippen LogP contribution in [0.1, 0.15) is 5.56 Å². The Kier molecular flexibility index (Phi) is 3.43. The molecule has 2 aromatic carbocycles. The SMILES string of the molecule is O=c1[nH]c2c([nH]c3ccc(Cl)cc32)c(=O)n1/N=C/c1cccc(O)c1. The van der Waals surface area contributed by atoms with Gasteiger partial charge in [0.1, 0.15) is 11.3 Å². The van der Waals surface area contributed by atoms with E-state index in [1.54, 1.807) is 30.3 Å². The number of nitrogens with one attached hydrogen (secondary N) is 2. The first kappa shape index (κ1) is 15.2. The standard InChI is InChI=1S/C17H11ClN4O3/c18-10-4-5-13-12(7-10)14-15(20-13)16(24)22(17(25)21-14)19-8-9-2-1-3-11(23)6-9/h1-8,20,23H,(H,21,25)/b19-8+. The van der Waals surface area contributed by atoms with E-state index in [9.17, 15) is 14.7 Å². The van der Waals surface area contributed by atoms with Gasteiger partial charge in [0.15, 0.2) is 0 Å². The second-order valence-electron chi connectivity index (χ2n) is 5.45. The molecule has 0 saturated heterocycles. The maximum Gasteiger partial charge on any atom is 0.350 e. The van der Waals surface area contributed by atoms with Gasteiger partial charge in [-0.05, 0) is 35.9 Å². The second kappa shape index (κ2) is 5.64. The van der Waals surface area contributed by atoms with Gasteiger partial charge in [-0.25, -0.2) is 4.79 Å². The van der Waals surface area contributed by atoms with E-state index in [-0.39, 0.29) is 11.3 Å². The zero-order valence-electron chi connectivity index (χ0n) is 12.7. The summed E-state index contributed by atoms with van der Waals surface area (Å²) in [4.78, 5) is 30.5. The minimum atomic E-state index is -0.672. The van der Waals surface area contributed by atoms with E-state index in [4.69, 9.17) is 11.6 Å². The third-order valence-electron chi connectivity index (χ3n) is 3.78. The lowest BCUT2D eigenvalue weighted by molar-refractivity contribution is 0.475. The molecule has 0 saturated carbocycles. The Morgan fingerprint density at radius 2 is 1.92 bits per heavy atom. The number of hydrogen-bond donors (Lipinski definition) is 3. The van der Waals surface area contributed by atoms with Crippen LogP contribution in [0.3, 0.4) is 0 Å². The lowest BCUT2D eigenvalue weighted by atomic mass is 10.2. The van der Waals surface area contributed by atoms with Crippen molar-refractivity contribution >= 4 is 39.8 Å². The normalized spacial score (nSPS) is 11.7. The summed E-state index contributed by atoms with van der Waals surface area (Å²) in [5.41, 5.74) is 0.593. The quantitative estimate of drug-likeness (QED) is 0.481. The number of H-pyrrole nitrogens is 2. The van der Waals surface area contributed by atoms with Gasteiger partial charge in [-0.3, -0.25) is 4.79 Å². The maximum atomic E-state index is 12.6. The minimum Gasteiger partial charge on any atom is -0.508 e. The number of aromatic hydroxyl groups is 1. The summed E-state index contributed by atoms with van der Waals surface area (Å²) in [7, 11) is 0. The van der Waals surface area contributed by atoms with Crippen LogP contribution >= 0.6 is 11.6 Å². The number of benzene rings is 2. The second-order valence-corrected chi connectivity index (χ2v) is 5.89. The highest BCUT2D eigenvalue weighted by Gasteiger charge is 2.12. The van der Waals surface area contributed by atoms with Gasteiger partial charge in [-0.15, -0.1) is 4.68 Å². The number of aromatic amines is 2. The number of phenols is 1. The van der Waals surface area contributed by atoms with Gasteiger partial charge in [0.2, 0.25) is 0 Å². The fourth-order valence-corrected chi connectivity index (χ4v) is 2.82. The van der Waals surface area contributed by atoms with Crippen LogP contribution in [0.25, 0.3) is 21.9 Å². The number of fused-ring (bicyclic) bond motifs is 3. The third-order valence-corrected chi connectivity index (χ3v) is 4.02. The van der Waals surface area contributed by atoms with Gasteiger partial charge in [-0.1, -0.05) is 23.7 Å². The summed E-state index contributed by atoms with van der Waals surface area (Å²) in [6.45, 7) is 0. The smallest absolute Gasteiger partial charge is 0.350 e. The molecule has 0 radical (unpaired) electrons. The van der Waals surface area contributed by atoms with E-state index in [2.05, 4.69) is 15.1 Å². The molecule has 0 spiro atoms. The summed E-state index contributed by atoms with van der Waals surface area (Å²) >= 11 is 5.98. The van der Waals surface area contributed by atoms with Crippen LogP contribution in [-0.4, -0.2) is 26.0 Å². The largest absolute Gasteiger partial charge is 0.508 e. The molecule has 7 nitrogen and oxygen atoms in total. The molecule has 0 amide bonds. The number of hydrogen-bond acceptors (Lipinski definition) is 4. The van der Waals surface area contributed by atoms with Gasteiger partial charge < -0.3 is 15.1 Å². The molecule has 8 heteroatoms. The third kappa shape index (κ3) is 2.60. The topological polar surface area (TPSA) is 103 Å². The van der Waals surface area contributed by atoms with Crippen molar-refractivity contribution in [2.24, 2.45) is 5.10 Å². The molecular formula is C17H11ClN4O3. The summed E-state index contributed by atoms with van der Waals surface area (Å²) in [5, 5.41) is 14.5. The van der Waals surface area contributed by atoms with Crippen LogP contribution < -0.4 is 11.2 Å². The lowest BCUT2D eigenvalue weighted by Crippen LogP contribution is -2.32. The van der Waals surface area contributed by atoms with Crippen molar-refractivity contribution in [3.8, 4) is 5.75 Å².